The van der Waals surface area contributed by atoms with Gasteiger partial charge in [0.2, 0.25) is 11.5 Å². The molecule has 0 aliphatic carbocycles. The molecule has 152 valence electrons. The number of benzene rings is 3. The summed E-state index contributed by atoms with van der Waals surface area (Å²) in [7, 11) is 0. The molecule has 7 heteroatoms. The van der Waals surface area contributed by atoms with E-state index in [1.54, 1.807) is 54.6 Å². The van der Waals surface area contributed by atoms with Crippen LogP contribution in [-0.2, 0) is 0 Å². The summed E-state index contributed by atoms with van der Waals surface area (Å²) in [5.74, 6) is -0.210. The summed E-state index contributed by atoms with van der Waals surface area (Å²) in [4.78, 5) is 25.1. The number of carbonyl (C=O) groups is 2. The van der Waals surface area contributed by atoms with Crippen molar-refractivity contribution in [1.29, 1.82) is 0 Å². The average molecular weight is 451 g/mol. The fourth-order valence-electron chi connectivity index (χ4n) is 3.25. The zero-order valence-electron chi connectivity index (χ0n) is 15.7. The van der Waals surface area contributed by atoms with Crippen molar-refractivity contribution in [1.82, 2.24) is 0 Å². The number of furan rings is 1. The molecule has 0 unspecified atom stereocenters. The third-order valence-corrected chi connectivity index (χ3v) is 5.15. The molecule has 1 aromatic heterocycles. The van der Waals surface area contributed by atoms with Crippen LogP contribution in [0.1, 0.15) is 26.5 Å². The van der Waals surface area contributed by atoms with E-state index in [9.17, 15) is 9.59 Å². The molecule has 0 saturated carbocycles. The second kappa shape index (κ2) is 7.61. The molecule has 0 radical (unpaired) electrons. The molecule has 0 atom stereocenters. The molecule has 0 N–H and O–H groups in total. The van der Waals surface area contributed by atoms with Crippen molar-refractivity contribution >= 4 is 52.0 Å². The first-order chi connectivity index (χ1) is 15.0. The summed E-state index contributed by atoms with van der Waals surface area (Å²) in [5, 5.41) is 1.78. The highest BCUT2D eigenvalue weighted by Crippen LogP contribution is 2.35. The molecular weight excluding hydrogens is 439 g/mol. The van der Waals surface area contributed by atoms with Gasteiger partial charge in [-0.2, -0.15) is 0 Å². The Morgan fingerprint density at radius 3 is 2.61 bits per heavy atom. The van der Waals surface area contributed by atoms with Crippen LogP contribution in [0.15, 0.2) is 76.9 Å². The van der Waals surface area contributed by atoms with Gasteiger partial charge in [-0.1, -0.05) is 35.3 Å². The molecule has 3 aromatic carbocycles. The molecule has 5 rings (SSSR count). The Morgan fingerprint density at radius 1 is 0.935 bits per heavy atom. The van der Waals surface area contributed by atoms with Gasteiger partial charge in [-0.25, -0.2) is 4.79 Å². The van der Waals surface area contributed by atoms with Crippen molar-refractivity contribution < 1.29 is 23.5 Å². The number of halogens is 2. The lowest BCUT2D eigenvalue weighted by Crippen LogP contribution is -2.07. The van der Waals surface area contributed by atoms with Crippen molar-refractivity contribution in [2.45, 2.75) is 0 Å². The minimum Gasteiger partial charge on any atom is -0.452 e. The number of rotatable bonds is 3. The Balaban J connectivity index is 1.37. The highest BCUT2D eigenvalue weighted by molar-refractivity contribution is 6.31. The Morgan fingerprint density at radius 2 is 1.77 bits per heavy atom. The molecule has 1 aliphatic heterocycles. The maximum absolute atomic E-state index is 12.6. The van der Waals surface area contributed by atoms with Crippen LogP contribution in [0.3, 0.4) is 0 Å². The summed E-state index contributed by atoms with van der Waals surface area (Å²) in [6.07, 6.45) is 1.61. The largest absolute Gasteiger partial charge is 0.452 e. The lowest BCUT2D eigenvalue weighted by molar-refractivity contribution is 0.0703. The Hall–Kier alpha value is -3.54. The van der Waals surface area contributed by atoms with Gasteiger partial charge < -0.3 is 13.9 Å². The number of esters is 1. The van der Waals surface area contributed by atoms with E-state index in [1.807, 2.05) is 6.07 Å². The third kappa shape index (κ3) is 3.81. The lowest BCUT2D eigenvalue weighted by Gasteiger charge is -2.04. The predicted molar refractivity (Wildman–Crippen MR) is 117 cm³/mol. The second-order valence-corrected chi connectivity index (χ2v) is 7.71. The lowest BCUT2D eigenvalue weighted by atomic mass is 10.1. The van der Waals surface area contributed by atoms with Crippen LogP contribution in [-0.4, -0.2) is 11.8 Å². The fourth-order valence-corrected chi connectivity index (χ4v) is 3.63. The number of hydrogen-bond acceptors (Lipinski definition) is 5. The first-order valence-electron chi connectivity index (χ1n) is 9.21. The maximum atomic E-state index is 12.6. The van der Waals surface area contributed by atoms with Crippen molar-refractivity contribution in [3.05, 3.63) is 99.4 Å². The minimum absolute atomic E-state index is 0.0382. The highest BCUT2D eigenvalue weighted by Gasteiger charge is 2.28. The van der Waals surface area contributed by atoms with Crippen LogP contribution in [0, 0.1) is 0 Å². The number of ketones is 1. The topological polar surface area (TPSA) is 65.7 Å². The number of ether oxygens (including phenoxy) is 2. The van der Waals surface area contributed by atoms with E-state index in [0.717, 1.165) is 5.56 Å². The van der Waals surface area contributed by atoms with E-state index in [2.05, 4.69) is 0 Å². The Labute approximate surface area is 186 Å². The molecule has 4 aromatic rings. The molecule has 2 heterocycles. The highest BCUT2D eigenvalue weighted by atomic mass is 35.5. The Bertz CT molecular complexity index is 1400. The van der Waals surface area contributed by atoms with Crippen molar-refractivity contribution in [3.63, 3.8) is 0 Å². The van der Waals surface area contributed by atoms with Gasteiger partial charge in [-0.15, -0.1) is 0 Å². The van der Waals surface area contributed by atoms with Gasteiger partial charge in [0.15, 0.2) is 5.76 Å². The van der Waals surface area contributed by atoms with E-state index in [0.29, 0.717) is 32.3 Å². The zero-order chi connectivity index (χ0) is 21.5. The number of Topliss-reactive ketones (excluding diaryl/α,β-unsaturated/α-hetero) is 1. The molecule has 0 bridgehead atoms. The minimum atomic E-state index is -0.675. The third-order valence-electron chi connectivity index (χ3n) is 4.68. The van der Waals surface area contributed by atoms with Gasteiger partial charge in [-0.05, 0) is 60.2 Å². The molecular formula is C24H12Cl2O5. The first kappa shape index (κ1) is 19.4. The second-order valence-electron chi connectivity index (χ2n) is 6.84. The van der Waals surface area contributed by atoms with Gasteiger partial charge in [0, 0.05) is 21.5 Å². The first-order valence-corrected chi connectivity index (χ1v) is 9.97. The summed E-state index contributed by atoms with van der Waals surface area (Å²) in [6.45, 7) is 0. The van der Waals surface area contributed by atoms with Crippen LogP contribution in [0.25, 0.3) is 17.0 Å². The maximum Gasteiger partial charge on any atom is 0.379 e. The molecule has 1 aliphatic rings. The number of fused-ring (bicyclic) bond motifs is 2. The van der Waals surface area contributed by atoms with Gasteiger partial charge >= 0.3 is 5.97 Å². The molecule has 0 saturated heterocycles. The molecule has 0 fully saturated rings. The van der Waals surface area contributed by atoms with Crippen molar-refractivity contribution in [3.8, 4) is 11.5 Å². The van der Waals surface area contributed by atoms with Crippen LogP contribution in [0.5, 0.6) is 11.5 Å². The van der Waals surface area contributed by atoms with Crippen LogP contribution in [0.2, 0.25) is 10.0 Å². The Kier molecular flexibility index (Phi) is 4.77. The van der Waals surface area contributed by atoms with Crippen LogP contribution < -0.4 is 9.47 Å². The summed E-state index contributed by atoms with van der Waals surface area (Å²) < 4.78 is 16.6. The number of carbonyl (C=O) groups excluding carboxylic acids is 2. The monoisotopic (exact) mass is 450 g/mol. The van der Waals surface area contributed by atoms with E-state index >= 15 is 0 Å². The van der Waals surface area contributed by atoms with E-state index < -0.39 is 5.97 Å². The van der Waals surface area contributed by atoms with Crippen LogP contribution in [0.4, 0.5) is 0 Å². The standard InChI is InChI=1S/C24H12Cl2O5/c25-15-3-1-2-13(8-15)9-21-23(27)18-6-5-17(12-20(18)31-21)29-24(28)22-11-14-10-16(26)4-7-19(14)30-22/h1-12H/b21-9-. The van der Waals surface area contributed by atoms with E-state index in [4.69, 9.17) is 37.1 Å². The van der Waals surface area contributed by atoms with Gasteiger partial charge in [0.1, 0.15) is 17.1 Å². The van der Waals surface area contributed by atoms with Gasteiger partial charge in [-0.3, -0.25) is 4.79 Å². The van der Waals surface area contributed by atoms with Crippen molar-refractivity contribution in [2.24, 2.45) is 0 Å². The van der Waals surface area contributed by atoms with Crippen LogP contribution >= 0.6 is 23.2 Å². The number of allylic oxidation sites excluding steroid dienone is 1. The normalized spacial score (nSPS) is 14.0. The average Bonchev–Trinajstić information content (AvgIpc) is 3.29. The quantitative estimate of drug-likeness (QED) is 0.200. The molecule has 0 spiro atoms. The van der Waals surface area contributed by atoms with E-state index in [-0.39, 0.29) is 23.1 Å². The smallest absolute Gasteiger partial charge is 0.379 e. The SMILES string of the molecule is O=C(Oc1ccc2c(c1)O/C(=C\c1cccc(Cl)c1)C2=O)c1cc2cc(Cl)ccc2o1. The molecule has 0 amide bonds. The predicted octanol–water partition coefficient (Wildman–Crippen LogP) is 6.58. The van der Waals surface area contributed by atoms with Gasteiger partial charge in [0.05, 0.1) is 5.56 Å². The zero-order valence-corrected chi connectivity index (χ0v) is 17.2. The number of hydrogen-bond donors (Lipinski definition) is 0. The van der Waals surface area contributed by atoms with E-state index in [1.165, 1.54) is 12.1 Å². The summed E-state index contributed by atoms with van der Waals surface area (Å²) in [6, 6.07) is 18.2. The molecule has 5 nitrogen and oxygen atoms in total. The fraction of sp³-hybridized carbons (Fsp3) is 0. The molecule has 31 heavy (non-hydrogen) atoms. The summed E-state index contributed by atoms with van der Waals surface area (Å²) >= 11 is 12.0. The van der Waals surface area contributed by atoms with Gasteiger partial charge in [0.25, 0.3) is 0 Å². The van der Waals surface area contributed by atoms with Crippen molar-refractivity contribution in [2.75, 3.05) is 0 Å². The summed E-state index contributed by atoms with van der Waals surface area (Å²) in [5.41, 5.74) is 1.64.